The molecule has 0 aliphatic heterocycles. The SMILES string of the molecule is CC(C)Oc1cc(NCCC(C)S(C)=O)c(N)cc1F. The summed E-state index contributed by atoms with van der Waals surface area (Å²) in [6, 6.07) is 2.82. The van der Waals surface area contributed by atoms with E-state index in [-0.39, 0.29) is 17.1 Å². The molecule has 0 saturated heterocycles. The van der Waals surface area contributed by atoms with Gasteiger partial charge >= 0.3 is 0 Å². The summed E-state index contributed by atoms with van der Waals surface area (Å²) >= 11 is 0. The van der Waals surface area contributed by atoms with Crippen LogP contribution in [0.5, 0.6) is 5.75 Å². The molecule has 0 fully saturated rings. The van der Waals surface area contributed by atoms with Crippen LogP contribution >= 0.6 is 0 Å². The summed E-state index contributed by atoms with van der Waals surface area (Å²) in [4.78, 5) is 0. The summed E-state index contributed by atoms with van der Waals surface area (Å²) in [5.41, 5.74) is 6.75. The third kappa shape index (κ3) is 5.00. The summed E-state index contributed by atoms with van der Waals surface area (Å²) in [7, 11) is -0.845. The second kappa shape index (κ2) is 7.47. The fraction of sp³-hybridized carbons (Fsp3) is 0.571. The number of nitrogens with one attached hydrogen (secondary N) is 1. The maximum absolute atomic E-state index is 13.7. The van der Waals surface area contributed by atoms with Crippen molar-refractivity contribution in [3.8, 4) is 5.75 Å². The Labute approximate surface area is 122 Å². The molecule has 2 atom stereocenters. The number of nitrogens with two attached hydrogens (primary N) is 1. The van der Waals surface area contributed by atoms with Crippen molar-refractivity contribution >= 4 is 22.2 Å². The van der Waals surface area contributed by atoms with E-state index in [1.54, 1.807) is 12.3 Å². The normalized spacial score (nSPS) is 14.1. The zero-order valence-corrected chi connectivity index (χ0v) is 13.2. The van der Waals surface area contributed by atoms with Crippen LogP contribution in [0.25, 0.3) is 0 Å². The Balaban J connectivity index is 2.72. The molecule has 0 aliphatic rings. The van der Waals surface area contributed by atoms with Crippen LogP contribution in [0.2, 0.25) is 0 Å². The van der Waals surface area contributed by atoms with Gasteiger partial charge in [0.2, 0.25) is 0 Å². The number of nitrogen functional groups attached to an aromatic ring is 1. The van der Waals surface area contributed by atoms with E-state index in [1.807, 2.05) is 20.8 Å². The molecule has 0 aromatic heterocycles. The lowest BCUT2D eigenvalue weighted by Gasteiger charge is -2.16. The Morgan fingerprint density at radius 2 is 2.05 bits per heavy atom. The smallest absolute Gasteiger partial charge is 0.167 e. The molecule has 0 saturated carbocycles. The number of halogens is 1. The lowest BCUT2D eigenvalue weighted by atomic mass is 10.2. The lowest BCUT2D eigenvalue weighted by molar-refractivity contribution is 0.231. The first-order valence-corrected chi connectivity index (χ1v) is 8.25. The fourth-order valence-corrected chi connectivity index (χ4v) is 2.09. The van der Waals surface area contributed by atoms with Crippen LogP contribution in [0.15, 0.2) is 12.1 Å². The van der Waals surface area contributed by atoms with Gasteiger partial charge in [0.1, 0.15) is 0 Å². The highest BCUT2D eigenvalue weighted by molar-refractivity contribution is 7.84. The molecule has 6 heteroatoms. The van der Waals surface area contributed by atoms with Gasteiger partial charge in [0.15, 0.2) is 11.6 Å². The van der Waals surface area contributed by atoms with Gasteiger partial charge < -0.3 is 15.8 Å². The van der Waals surface area contributed by atoms with E-state index < -0.39 is 16.6 Å². The zero-order valence-electron chi connectivity index (χ0n) is 12.4. The predicted molar refractivity (Wildman–Crippen MR) is 83.2 cm³/mol. The minimum Gasteiger partial charge on any atom is -0.488 e. The van der Waals surface area contributed by atoms with Gasteiger partial charge in [0.05, 0.1) is 17.5 Å². The van der Waals surface area contributed by atoms with Gasteiger partial charge in [-0.3, -0.25) is 4.21 Å². The van der Waals surface area contributed by atoms with Gasteiger partial charge in [-0.15, -0.1) is 0 Å². The van der Waals surface area contributed by atoms with Crippen molar-refractivity contribution in [2.24, 2.45) is 0 Å². The van der Waals surface area contributed by atoms with Crippen LogP contribution in [0, 0.1) is 5.82 Å². The van der Waals surface area contributed by atoms with Gasteiger partial charge in [-0.25, -0.2) is 4.39 Å². The Bertz CT molecular complexity index is 480. The third-order valence-electron chi connectivity index (χ3n) is 2.90. The van der Waals surface area contributed by atoms with Crippen LogP contribution < -0.4 is 15.8 Å². The van der Waals surface area contributed by atoms with Crippen LogP contribution in [0.4, 0.5) is 15.8 Å². The standard InChI is InChI=1S/C14H23FN2O2S/c1-9(2)19-14-8-13(12(16)7-11(14)15)17-6-5-10(3)20(4)18/h7-10,17H,5-6,16H2,1-4H3. The molecular formula is C14H23FN2O2S. The molecule has 1 aromatic rings. The van der Waals surface area contributed by atoms with E-state index in [2.05, 4.69) is 5.32 Å². The van der Waals surface area contributed by atoms with Gasteiger partial charge in [-0.1, -0.05) is 6.92 Å². The van der Waals surface area contributed by atoms with Crippen LogP contribution in [0.1, 0.15) is 27.2 Å². The lowest BCUT2D eigenvalue weighted by Crippen LogP contribution is -2.15. The summed E-state index contributed by atoms with van der Waals surface area (Å²) in [5, 5.41) is 3.24. The van der Waals surface area contributed by atoms with E-state index in [1.165, 1.54) is 6.07 Å². The summed E-state index contributed by atoms with van der Waals surface area (Å²) in [6.07, 6.45) is 2.33. The van der Waals surface area contributed by atoms with Crippen molar-refractivity contribution in [1.29, 1.82) is 0 Å². The van der Waals surface area contributed by atoms with E-state index in [9.17, 15) is 8.60 Å². The van der Waals surface area contributed by atoms with E-state index >= 15 is 0 Å². The average molecular weight is 302 g/mol. The van der Waals surface area contributed by atoms with E-state index in [4.69, 9.17) is 10.5 Å². The highest BCUT2D eigenvalue weighted by atomic mass is 32.2. The Morgan fingerprint density at radius 1 is 1.40 bits per heavy atom. The first-order chi connectivity index (χ1) is 9.31. The van der Waals surface area contributed by atoms with Crippen LogP contribution in [-0.4, -0.2) is 28.4 Å². The minimum atomic E-state index is -0.845. The molecule has 3 N–H and O–H groups in total. The quantitative estimate of drug-likeness (QED) is 0.760. The predicted octanol–water partition coefficient (Wildman–Crippen LogP) is 2.76. The van der Waals surface area contributed by atoms with Crippen LogP contribution in [0.3, 0.4) is 0 Å². The van der Waals surface area contributed by atoms with Gasteiger partial charge in [-0.2, -0.15) is 0 Å². The topological polar surface area (TPSA) is 64.3 Å². The zero-order chi connectivity index (χ0) is 15.3. The summed E-state index contributed by atoms with van der Waals surface area (Å²) in [5.74, 6) is -0.284. The number of rotatable bonds is 7. The molecule has 20 heavy (non-hydrogen) atoms. The van der Waals surface area contributed by atoms with Crippen molar-refractivity contribution in [1.82, 2.24) is 0 Å². The Kier molecular flexibility index (Phi) is 6.26. The molecule has 0 amide bonds. The number of hydrogen-bond acceptors (Lipinski definition) is 4. The van der Waals surface area contributed by atoms with Crippen LogP contribution in [-0.2, 0) is 10.8 Å². The summed E-state index contributed by atoms with van der Waals surface area (Å²) in [6.45, 7) is 6.22. The molecule has 0 spiro atoms. The maximum Gasteiger partial charge on any atom is 0.167 e. The van der Waals surface area contributed by atoms with Crippen molar-refractivity contribution < 1.29 is 13.3 Å². The average Bonchev–Trinajstić information content (AvgIpc) is 2.33. The third-order valence-corrected chi connectivity index (χ3v) is 4.27. The Hall–Kier alpha value is -1.30. The molecule has 2 unspecified atom stereocenters. The molecule has 1 rings (SSSR count). The van der Waals surface area contributed by atoms with Crippen molar-refractivity contribution in [3.05, 3.63) is 17.9 Å². The first kappa shape index (κ1) is 16.8. The van der Waals surface area contributed by atoms with Gasteiger partial charge in [-0.05, 0) is 20.3 Å². The largest absolute Gasteiger partial charge is 0.488 e. The van der Waals surface area contributed by atoms with Gasteiger partial charge in [0, 0.05) is 41.0 Å². The fourth-order valence-electron chi connectivity index (χ4n) is 1.64. The van der Waals surface area contributed by atoms with Crippen molar-refractivity contribution in [3.63, 3.8) is 0 Å². The minimum absolute atomic E-state index is 0.107. The number of benzene rings is 1. The molecule has 0 heterocycles. The van der Waals surface area contributed by atoms with E-state index in [0.717, 1.165) is 6.42 Å². The molecule has 114 valence electrons. The highest BCUT2D eigenvalue weighted by Crippen LogP contribution is 2.29. The second-order valence-corrected chi connectivity index (χ2v) is 6.86. The number of anilines is 2. The molecule has 1 aromatic carbocycles. The molecule has 4 nitrogen and oxygen atoms in total. The highest BCUT2D eigenvalue weighted by Gasteiger charge is 2.11. The molecular weight excluding hydrogens is 279 g/mol. The monoisotopic (exact) mass is 302 g/mol. The Morgan fingerprint density at radius 3 is 2.60 bits per heavy atom. The number of ether oxygens (including phenoxy) is 1. The molecule has 0 aliphatic carbocycles. The van der Waals surface area contributed by atoms with Gasteiger partial charge in [0.25, 0.3) is 0 Å². The molecule has 0 bridgehead atoms. The van der Waals surface area contributed by atoms with Crippen molar-refractivity contribution in [2.45, 2.75) is 38.5 Å². The van der Waals surface area contributed by atoms with E-state index in [0.29, 0.717) is 17.9 Å². The second-order valence-electron chi connectivity index (χ2n) is 5.06. The van der Waals surface area contributed by atoms with Crippen molar-refractivity contribution in [2.75, 3.05) is 23.9 Å². The molecule has 0 radical (unpaired) electrons. The summed E-state index contributed by atoms with van der Waals surface area (Å²) < 4.78 is 30.3. The maximum atomic E-state index is 13.7. The first-order valence-electron chi connectivity index (χ1n) is 6.63. The number of hydrogen-bond donors (Lipinski definition) is 2.